The van der Waals surface area contributed by atoms with Gasteiger partial charge < -0.3 is 10.4 Å². The summed E-state index contributed by atoms with van der Waals surface area (Å²) in [5.41, 5.74) is -0.139. The van der Waals surface area contributed by atoms with Crippen LogP contribution in [0.4, 0.5) is 4.39 Å². The van der Waals surface area contributed by atoms with E-state index in [0.717, 1.165) is 6.07 Å². The summed E-state index contributed by atoms with van der Waals surface area (Å²) in [5.74, 6) is -0.686. The quantitative estimate of drug-likeness (QED) is 0.818. The van der Waals surface area contributed by atoms with Gasteiger partial charge in [-0.2, -0.15) is 0 Å². The van der Waals surface area contributed by atoms with Gasteiger partial charge in [-0.1, -0.05) is 17.7 Å². The first-order chi connectivity index (χ1) is 8.47. The van der Waals surface area contributed by atoms with Crippen LogP contribution in [0.1, 0.15) is 16.8 Å². The van der Waals surface area contributed by atoms with Crippen molar-refractivity contribution >= 4 is 23.5 Å². The Bertz CT molecular complexity index is 525. The fourth-order valence-corrected chi connectivity index (χ4v) is 1.44. The molecule has 0 fully saturated rings. The highest BCUT2D eigenvalue weighted by Crippen LogP contribution is 2.19. The van der Waals surface area contributed by atoms with Crippen molar-refractivity contribution in [2.24, 2.45) is 0 Å². The Hall–Kier alpha value is -2.06. The molecule has 0 heterocycles. The molecule has 1 amide bonds. The van der Waals surface area contributed by atoms with Gasteiger partial charge in [0.25, 0.3) is 5.91 Å². The van der Waals surface area contributed by atoms with E-state index in [9.17, 15) is 14.0 Å². The van der Waals surface area contributed by atoms with Gasteiger partial charge in [0.2, 0.25) is 0 Å². The summed E-state index contributed by atoms with van der Waals surface area (Å²) < 4.78 is 13.1. The summed E-state index contributed by atoms with van der Waals surface area (Å²) >= 11 is 5.60. The third kappa shape index (κ3) is 3.22. The van der Waals surface area contributed by atoms with Crippen molar-refractivity contribution in [3.05, 3.63) is 34.6 Å². The Morgan fingerprint density at radius 2 is 2.22 bits per heavy atom. The Balaban J connectivity index is 2.91. The second-order valence-corrected chi connectivity index (χ2v) is 3.75. The molecule has 0 spiro atoms. The van der Waals surface area contributed by atoms with E-state index in [1.807, 2.05) is 0 Å². The average Bonchev–Trinajstić information content (AvgIpc) is 2.31. The summed E-state index contributed by atoms with van der Waals surface area (Å²) in [6.07, 6.45) is 4.81. The molecule has 0 aliphatic carbocycles. The molecule has 0 saturated carbocycles. The number of amides is 1. The predicted molar refractivity (Wildman–Crippen MR) is 63.8 cm³/mol. The largest absolute Gasteiger partial charge is 0.480 e. The zero-order valence-corrected chi connectivity index (χ0v) is 9.87. The van der Waals surface area contributed by atoms with Crippen molar-refractivity contribution in [1.29, 1.82) is 0 Å². The van der Waals surface area contributed by atoms with E-state index in [2.05, 4.69) is 11.2 Å². The third-order valence-electron chi connectivity index (χ3n) is 2.12. The SMILES string of the molecule is C#CCC(NC(=O)c1cccc(F)c1Cl)C(=O)O. The summed E-state index contributed by atoms with van der Waals surface area (Å²) in [7, 11) is 0. The van der Waals surface area contributed by atoms with Crippen LogP contribution in [-0.4, -0.2) is 23.0 Å². The summed E-state index contributed by atoms with van der Waals surface area (Å²) in [6, 6.07) is 2.44. The van der Waals surface area contributed by atoms with Gasteiger partial charge >= 0.3 is 5.97 Å². The minimum atomic E-state index is -1.27. The molecular formula is C12H9ClFNO3. The Morgan fingerprint density at radius 3 is 2.78 bits per heavy atom. The second kappa shape index (κ2) is 6.03. The molecule has 0 radical (unpaired) electrons. The molecule has 1 aromatic rings. The number of hydrogen-bond acceptors (Lipinski definition) is 2. The van der Waals surface area contributed by atoms with Crippen molar-refractivity contribution in [2.45, 2.75) is 12.5 Å². The lowest BCUT2D eigenvalue weighted by molar-refractivity contribution is -0.139. The molecule has 1 rings (SSSR count). The van der Waals surface area contributed by atoms with Crippen LogP contribution in [0.15, 0.2) is 18.2 Å². The fraction of sp³-hybridized carbons (Fsp3) is 0.167. The lowest BCUT2D eigenvalue weighted by Crippen LogP contribution is -2.40. The van der Waals surface area contributed by atoms with Crippen molar-refractivity contribution in [3.8, 4) is 12.3 Å². The molecular weight excluding hydrogens is 261 g/mol. The third-order valence-corrected chi connectivity index (χ3v) is 2.51. The molecule has 1 atom stereocenters. The Morgan fingerprint density at radius 1 is 1.56 bits per heavy atom. The van der Waals surface area contributed by atoms with Gasteiger partial charge in [0, 0.05) is 6.42 Å². The van der Waals surface area contributed by atoms with Crippen molar-refractivity contribution in [2.75, 3.05) is 0 Å². The molecule has 18 heavy (non-hydrogen) atoms. The Kier molecular flexibility index (Phi) is 4.69. The number of halogens is 2. The van der Waals surface area contributed by atoms with E-state index >= 15 is 0 Å². The standard InChI is InChI=1S/C12H9ClFNO3/c1-2-4-9(12(17)18)15-11(16)7-5-3-6-8(14)10(7)13/h1,3,5-6,9H,4H2,(H,15,16)(H,17,18). The number of carboxylic acids is 1. The monoisotopic (exact) mass is 269 g/mol. The van der Waals surface area contributed by atoms with Gasteiger partial charge in [-0.15, -0.1) is 12.3 Å². The molecule has 0 aliphatic heterocycles. The molecule has 0 aliphatic rings. The number of terminal acetylenes is 1. The van der Waals surface area contributed by atoms with Crippen LogP contribution in [0.25, 0.3) is 0 Å². The topological polar surface area (TPSA) is 66.4 Å². The molecule has 0 saturated heterocycles. The molecule has 94 valence electrons. The van der Waals surface area contributed by atoms with Crippen LogP contribution in [0.5, 0.6) is 0 Å². The van der Waals surface area contributed by atoms with Crippen LogP contribution >= 0.6 is 11.6 Å². The van der Waals surface area contributed by atoms with Gasteiger partial charge in [0.1, 0.15) is 11.9 Å². The number of benzene rings is 1. The van der Waals surface area contributed by atoms with E-state index in [1.54, 1.807) is 0 Å². The first-order valence-corrected chi connectivity index (χ1v) is 5.26. The maximum Gasteiger partial charge on any atom is 0.327 e. The number of carboxylic acid groups (broad SMARTS) is 1. The highest BCUT2D eigenvalue weighted by molar-refractivity contribution is 6.34. The van der Waals surface area contributed by atoms with Gasteiger partial charge in [-0.05, 0) is 12.1 Å². The zero-order chi connectivity index (χ0) is 13.7. The van der Waals surface area contributed by atoms with Crippen molar-refractivity contribution < 1.29 is 19.1 Å². The minimum Gasteiger partial charge on any atom is -0.480 e. The van der Waals surface area contributed by atoms with Crippen LogP contribution < -0.4 is 5.32 Å². The van der Waals surface area contributed by atoms with Gasteiger partial charge in [0.05, 0.1) is 10.6 Å². The highest BCUT2D eigenvalue weighted by Gasteiger charge is 2.21. The van der Waals surface area contributed by atoms with E-state index in [4.69, 9.17) is 23.1 Å². The predicted octanol–water partition coefficient (Wildman–Crippen LogP) is 1.69. The first-order valence-electron chi connectivity index (χ1n) is 4.88. The molecule has 1 unspecified atom stereocenters. The van der Waals surface area contributed by atoms with Crippen molar-refractivity contribution in [3.63, 3.8) is 0 Å². The van der Waals surface area contributed by atoms with Crippen LogP contribution in [0.2, 0.25) is 5.02 Å². The lowest BCUT2D eigenvalue weighted by Gasteiger charge is -2.12. The van der Waals surface area contributed by atoms with Crippen LogP contribution in [0, 0.1) is 18.2 Å². The first kappa shape index (κ1) is 14.0. The number of rotatable bonds is 4. The van der Waals surface area contributed by atoms with E-state index < -0.39 is 23.7 Å². The summed E-state index contributed by atoms with van der Waals surface area (Å²) in [4.78, 5) is 22.5. The maximum atomic E-state index is 13.1. The molecule has 2 N–H and O–H groups in total. The molecule has 0 bridgehead atoms. The fourth-order valence-electron chi connectivity index (χ4n) is 1.23. The summed E-state index contributed by atoms with van der Waals surface area (Å²) in [5, 5.41) is 10.6. The number of nitrogens with one attached hydrogen (secondary N) is 1. The molecule has 6 heteroatoms. The molecule has 0 aromatic heterocycles. The van der Waals surface area contributed by atoms with Gasteiger partial charge in [-0.3, -0.25) is 4.79 Å². The molecule has 4 nitrogen and oxygen atoms in total. The molecule has 1 aromatic carbocycles. The maximum absolute atomic E-state index is 13.1. The van der Waals surface area contributed by atoms with Gasteiger partial charge in [-0.25, -0.2) is 9.18 Å². The van der Waals surface area contributed by atoms with Crippen LogP contribution in [-0.2, 0) is 4.79 Å². The number of carbonyl (C=O) groups is 2. The van der Waals surface area contributed by atoms with E-state index in [0.29, 0.717) is 0 Å². The number of hydrogen-bond donors (Lipinski definition) is 2. The second-order valence-electron chi connectivity index (χ2n) is 3.37. The van der Waals surface area contributed by atoms with E-state index in [1.165, 1.54) is 12.1 Å². The Labute approximate surface area is 108 Å². The minimum absolute atomic E-state index is 0.139. The number of carbonyl (C=O) groups excluding carboxylic acids is 1. The average molecular weight is 270 g/mol. The zero-order valence-electron chi connectivity index (χ0n) is 9.11. The van der Waals surface area contributed by atoms with Gasteiger partial charge in [0.15, 0.2) is 0 Å². The van der Waals surface area contributed by atoms with E-state index in [-0.39, 0.29) is 17.0 Å². The van der Waals surface area contributed by atoms with Crippen molar-refractivity contribution in [1.82, 2.24) is 5.32 Å². The smallest absolute Gasteiger partial charge is 0.327 e. The van der Waals surface area contributed by atoms with Crippen LogP contribution in [0.3, 0.4) is 0 Å². The highest BCUT2D eigenvalue weighted by atomic mass is 35.5. The number of aliphatic carboxylic acids is 1. The normalized spacial score (nSPS) is 11.4. The summed E-state index contributed by atoms with van der Waals surface area (Å²) in [6.45, 7) is 0. The lowest BCUT2D eigenvalue weighted by atomic mass is 10.1.